The summed E-state index contributed by atoms with van der Waals surface area (Å²) < 4.78 is 14.0. The maximum atomic E-state index is 14.0. The first-order chi connectivity index (χ1) is 11.5. The second-order valence-electron chi connectivity index (χ2n) is 5.32. The van der Waals surface area contributed by atoms with Crippen molar-refractivity contribution in [2.75, 3.05) is 37.6 Å². The third-order valence-electron chi connectivity index (χ3n) is 3.58. The van der Waals surface area contributed by atoms with E-state index in [1.165, 1.54) is 17.0 Å². The lowest BCUT2D eigenvalue weighted by atomic mass is 10.2. The zero-order chi connectivity index (χ0) is 17.9. The molecule has 0 heterocycles. The summed E-state index contributed by atoms with van der Waals surface area (Å²) in [5.41, 5.74) is 0.159. The van der Waals surface area contributed by atoms with Gasteiger partial charge in [-0.25, -0.2) is 4.39 Å². The molecule has 6 nitrogen and oxygen atoms in total. The highest BCUT2D eigenvalue weighted by Crippen LogP contribution is 2.18. The smallest absolute Gasteiger partial charge is 0.282 e. The van der Waals surface area contributed by atoms with Crippen LogP contribution < -0.4 is 15.1 Å². The van der Waals surface area contributed by atoms with Crippen molar-refractivity contribution >= 4 is 17.5 Å². The van der Waals surface area contributed by atoms with Crippen LogP contribution in [0.1, 0.15) is 20.3 Å². The molecule has 1 aromatic carbocycles. The van der Waals surface area contributed by atoms with Crippen molar-refractivity contribution in [1.29, 1.82) is 5.26 Å². The van der Waals surface area contributed by atoms with Gasteiger partial charge in [-0.2, -0.15) is 5.26 Å². The summed E-state index contributed by atoms with van der Waals surface area (Å²) in [5, 5.41) is 11.5. The van der Waals surface area contributed by atoms with Crippen LogP contribution in [0.2, 0.25) is 0 Å². The van der Waals surface area contributed by atoms with E-state index in [1.807, 2.05) is 19.9 Å². The maximum Gasteiger partial charge on any atom is 0.282 e. The van der Waals surface area contributed by atoms with Gasteiger partial charge < -0.3 is 15.1 Å². The van der Waals surface area contributed by atoms with Gasteiger partial charge in [-0.05, 0) is 26.0 Å². The monoisotopic (exact) mass is 335 g/mol. The number of quaternary nitrogens is 1. The number of hydrogen-bond donors (Lipinski definition) is 2. The van der Waals surface area contributed by atoms with Crippen molar-refractivity contribution in [2.24, 2.45) is 0 Å². The highest BCUT2D eigenvalue weighted by Gasteiger charge is 2.23. The quantitative estimate of drug-likeness (QED) is 0.673. The van der Waals surface area contributed by atoms with Crippen LogP contribution in [0, 0.1) is 17.1 Å². The molecule has 0 saturated carbocycles. The molecule has 1 aromatic rings. The van der Waals surface area contributed by atoms with E-state index in [1.54, 1.807) is 12.1 Å². The number of nitrogens with one attached hydrogen (secondary N) is 2. The third-order valence-corrected chi connectivity index (χ3v) is 3.58. The number of amides is 2. The predicted molar refractivity (Wildman–Crippen MR) is 88.9 cm³/mol. The number of benzene rings is 1. The van der Waals surface area contributed by atoms with Crippen LogP contribution in [-0.2, 0) is 9.59 Å². The van der Waals surface area contributed by atoms with E-state index in [-0.39, 0.29) is 43.6 Å². The van der Waals surface area contributed by atoms with Gasteiger partial charge in [-0.15, -0.1) is 0 Å². The minimum Gasteiger partial charge on any atom is -0.351 e. The number of halogens is 1. The first kappa shape index (κ1) is 19.6. The van der Waals surface area contributed by atoms with E-state index >= 15 is 0 Å². The molecule has 2 N–H and O–H groups in total. The highest BCUT2D eigenvalue weighted by molar-refractivity contribution is 5.94. The number of anilines is 1. The molecule has 0 aliphatic rings. The normalized spacial score (nSPS) is 11.4. The Morgan fingerprint density at radius 2 is 2.00 bits per heavy atom. The van der Waals surface area contributed by atoms with Crippen LogP contribution in [0.25, 0.3) is 0 Å². The minimum atomic E-state index is -0.509. The number of likely N-dealkylation sites (N-methyl/N-ethyl adjacent to an activating group) is 2. The van der Waals surface area contributed by atoms with Crippen molar-refractivity contribution in [3.8, 4) is 6.07 Å². The molecule has 0 radical (unpaired) electrons. The van der Waals surface area contributed by atoms with Gasteiger partial charge in [0.15, 0.2) is 13.1 Å². The van der Waals surface area contributed by atoms with Crippen LogP contribution >= 0.6 is 0 Å². The molecule has 0 bridgehead atoms. The van der Waals surface area contributed by atoms with E-state index in [4.69, 9.17) is 5.26 Å². The molecular weight excluding hydrogens is 311 g/mol. The first-order valence-electron chi connectivity index (χ1n) is 8.05. The van der Waals surface area contributed by atoms with Crippen molar-refractivity contribution in [2.45, 2.75) is 20.3 Å². The SMILES string of the molecule is CCNC(=O)C[NH+](CC)CC(=O)N(CCC#N)c1ccccc1F. The number of nitrogens with zero attached hydrogens (tertiary/aromatic N) is 2. The van der Waals surface area contributed by atoms with Crippen LogP contribution in [0.3, 0.4) is 0 Å². The van der Waals surface area contributed by atoms with Crippen LogP contribution in [-0.4, -0.2) is 44.5 Å². The lowest BCUT2D eigenvalue weighted by molar-refractivity contribution is -0.881. The summed E-state index contributed by atoms with van der Waals surface area (Å²) in [5.74, 6) is -0.946. The number of para-hydroxylation sites is 1. The fourth-order valence-corrected chi connectivity index (χ4v) is 2.32. The summed E-state index contributed by atoms with van der Waals surface area (Å²) in [7, 11) is 0. The minimum absolute atomic E-state index is 0.0629. The second kappa shape index (κ2) is 10.3. The Labute approximate surface area is 141 Å². The fourth-order valence-electron chi connectivity index (χ4n) is 2.32. The molecule has 0 aromatic heterocycles. The van der Waals surface area contributed by atoms with Crippen molar-refractivity contribution in [3.05, 3.63) is 30.1 Å². The lowest BCUT2D eigenvalue weighted by Gasteiger charge is -2.24. The molecule has 1 rings (SSSR count). The van der Waals surface area contributed by atoms with Crippen LogP contribution in [0.4, 0.5) is 10.1 Å². The molecule has 0 aliphatic carbocycles. The van der Waals surface area contributed by atoms with E-state index in [0.717, 1.165) is 4.90 Å². The summed E-state index contributed by atoms with van der Waals surface area (Å²) in [4.78, 5) is 26.4. The van der Waals surface area contributed by atoms with Gasteiger partial charge in [-0.3, -0.25) is 9.59 Å². The van der Waals surface area contributed by atoms with E-state index in [2.05, 4.69) is 5.32 Å². The molecule has 7 heteroatoms. The molecule has 24 heavy (non-hydrogen) atoms. The summed E-state index contributed by atoms with van der Waals surface area (Å²) in [6.07, 6.45) is 0.109. The molecule has 0 saturated heterocycles. The molecule has 0 aliphatic heterocycles. The number of carbonyl (C=O) groups excluding carboxylic acids is 2. The Morgan fingerprint density at radius 3 is 2.58 bits per heavy atom. The summed E-state index contributed by atoms with van der Waals surface area (Å²) >= 11 is 0. The van der Waals surface area contributed by atoms with Crippen LogP contribution in [0.15, 0.2) is 24.3 Å². The van der Waals surface area contributed by atoms with Crippen LogP contribution in [0.5, 0.6) is 0 Å². The number of nitriles is 1. The topological polar surface area (TPSA) is 77.6 Å². The Balaban J connectivity index is 2.86. The van der Waals surface area contributed by atoms with Gasteiger partial charge in [0, 0.05) is 13.1 Å². The van der Waals surface area contributed by atoms with Gasteiger partial charge in [0.2, 0.25) is 0 Å². The fraction of sp³-hybridized carbons (Fsp3) is 0.471. The lowest BCUT2D eigenvalue weighted by Crippen LogP contribution is -3.14. The highest BCUT2D eigenvalue weighted by atomic mass is 19.1. The van der Waals surface area contributed by atoms with Crippen molar-refractivity contribution in [1.82, 2.24) is 5.32 Å². The largest absolute Gasteiger partial charge is 0.351 e. The zero-order valence-corrected chi connectivity index (χ0v) is 14.1. The standard InChI is InChI=1S/C17H23FN4O2/c1-3-20-16(23)12-21(4-2)13-17(24)22(11-7-10-19)15-9-6-5-8-14(15)18/h5-6,8-9H,3-4,7,11-13H2,1-2H3,(H,20,23)/p+1. The van der Waals surface area contributed by atoms with Gasteiger partial charge in [0.25, 0.3) is 11.8 Å². The van der Waals surface area contributed by atoms with E-state index in [0.29, 0.717) is 13.1 Å². The molecule has 2 amide bonds. The van der Waals surface area contributed by atoms with E-state index < -0.39 is 5.82 Å². The Bertz CT molecular complexity index is 600. The average molecular weight is 335 g/mol. The number of hydrogen-bond acceptors (Lipinski definition) is 3. The van der Waals surface area contributed by atoms with Crippen molar-refractivity contribution in [3.63, 3.8) is 0 Å². The summed E-state index contributed by atoms with van der Waals surface area (Å²) in [6, 6.07) is 7.95. The molecule has 1 atom stereocenters. The Hall–Kier alpha value is -2.46. The molecular formula is C17H24FN4O2+. The van der Waals surface area contributed by atoms with Crippen molar-refractivity contribution < 1.29 is 18.9 Å². The van der Waals surface area contributed by atoms with E-state index in [9.17, 15) is 14.0 Å². The number of rotatable bonds is 9. The van der Waals surface area contributed by atoms with Gasteiger partial charge in [0.05, 0.1) is 24.7 Å². The molecule has 130 valence electrons. The van der Waals surface area contributed by atoms with Gasteiger partial charge >= 0.3 is 0 Å². The molecule has 0 spiro atoms. The number of carbonyl (C=O) groups is 2. The maximum absolute atomic E-state index is 14.0. The first-order valence-corrected chi connectivity index (χ1v) is 8.05. The summed E-state index contributed by atoms with van der Waals surface area (Å²) in [6.45, 7) is 5.20. The van der Waals surface area contributed by atoms with Gasteiger partial charge in [0.1, 0.15) is 5.82 Å². The average Bonchev–Trinajstić information content (AvgIpc) is 2.56. The molecule has 0 fully saturated rings. The zero-order valence-electron chi connectivity index (χ0n) is 14.1. The Morgan fingerprint density at radius 1 is 1.29 bits per heavy atom. The second-order valence-corrected chi connectivity index (χ2v) is 5.32. The third kappa shape index (κ3) is 5.97. The predicted octanol–water partition coefficient (Wildman–Crippen LogP) is 0.113. The van der Waals surface area contributed by atoms with Gasteiger partial charge in [-0.1, -0.05) is 12.1 Å². The molecule has 1 unspecified atom stereocenters. The Kier molecular flexibility index (Phi) is 8.44.